The Labute approximate surface area is 101 Å². The summed E-state index contributed by atoms with van der Waals surface area (Å²) in [4.78, 5) is 21.6. The predicted molar refractivity (Wildman–Crippen MR) is 68.1 cm³/mol. The van der Waals surface area contributed by atoms with E-state index in [9.17, 15) is 4.79 Å². The Morgan fingerprint density at radius 1 is 1.41 bits per heavy atom. The minimum Gasteiger partial charge on any atom is -0.373 e. The van der Waals surface area contributed by atoms with E-state index in [0.717, 1.165) is 18.2 Å². The molecule has 94 valence electrons. The third-order valence-electron chi connectivity index (χ3n) is 2.32. The largest absolute Gasteiger partial charge is 0.373 e. The van der Waals surface area contributed by atoms with Crippen molar-refractivity contribution in [3.8, 4) is 0 Å². The van der Waals surface area contributed by atoms with Crippen LogP contribution in [-0.4, -0.2) is 42.6 Å². The van der Waals surface area contributed by atoms with Gasteiger partial charge in [0.05, 0.1) is 6.54 Å². The zero-order chi connectivity index (χ0) is 12.7. The average Bonchev–Trinajstić information content (AvgIpc) is 2.36. The van der Waals surface area contributed by atoms with Crippen molar-refractivity contribution in [3.05, 3.63) is 12.4 Å². The van der Waals surface area contributed by atoms with Crippen LogP contribution in [0.3, 0.4) is 0 Å². The van der Waals surface area contributed by atoms with Crippen molar-refractivity contribution >= 4 is 17.5 Å². The summed E-state index contributed by atoms with van der Waals surface area (Å²) in [6.07, 6.45) is 1.49. The highest BCUT2D eigenvalue weighted by atomic mass is 16.2. The summed E-state index contributed by atoms with van der Waals surface area (Å²) in [5.41, 5.74) is 0. The molecule has 0 aromatic carbocycles. The summed E-state index contributed by atoms with van der Waals surface area (Å²) in [6, 6.07) is 1.82. The summed E-state index contributed by atoms with van der Waals surface area (Å²) in [7, 11) is 1.80. The van der Waals surface area contributed by atoms with Gasteiger partial charge in [-0.15, -0.1) is 0 Å². The summed E-state index contributed by atoms with van der Waals surface area (Å²) < 4.78 is 0. The van der Waals surface area contributed by atoms with Gasteiger partial charge in [0.15, 0.2) is 0 Å². The standard InChI is InChI=1S/C11H19N5O/c1-4-13-11(17)7-16(5-2)10-6-9(12-3)14-8-15-10/h6,8H,4-5,7H2,1-3H3,(H,13,17)(H,12,14,15). The van der Waals surface area contributed by atoms with Crippen molar-refractivity contribution in [2.75, 3.05) is 36.9 Å². The van der Waals surface area contributed by atoms with E-state index in [4.69, 9.17) is 0 Å². The van der Waals surface area contributed by atoms with Gasteiger partial charge in [-0.05, 0) is 13.8 Å². The van der Waals surface area contributed by atoms with Crippen LogP contribution in [-0.2, 0) is 4.79 Å². The first-order chi connectivity index (χ1) is 8.21. The Kier molecular flexibility index (Phi) is 5.19. The summed E-state index contributed by atoms with van der Waals surface area (Å²) >= 11 is 0. The number of rotatable bonds is 6. The first kappa shape index (κ1) is 13.2. The van der Waals surface area contributed by atoms with Crippen LogP contribution in [0.4, 0.5) is 11.6 Å². The van der Waals surface area contributed by atoms with Crippen LogP contribution in [0.5, 0.6) is 0 Å². The molecule has 0 spiro atoms. The minimum absolute atomic E-state index is 0.000954. The molecule has 6 heteroatoms. The van der Waals surface area contributed by atoms with Crippen LogP contribution in [0, 0.1) is 0 Å². The number of carbonyl (C=O) groups is 1. The molecule has 0 aliphatic rings. The van der Waals surface area contributed by atoms with Crippen molar-refractivity contribution in [3.63, 3.8) is 0 Å². The fourth-order valence-corrected chi connectivity index (χ4v) is 1.44. The molecule has 1 aromatic rings. The Hall–Kier alpha value is -1.85. The van der Waals surface area contributed by atoms with E-state index < -0.39 is 0 Å². The van der Waals surface area contributed by atoms with Crippen LogP contribution in [0.15, 0.2) is 12.4 Å². The number of amides is 1. The van der Waals surface area contributed by atoms with Gasteiger partial charge in [-0.25, -0.2) is 9.97 Å². The third-order valence-corrected chi connectivity index (χ3v) is 2.32. The maximum Gasteiger partial charge on any atom is 0.239 e. The second kappa shape index (κ2) is 6.67. The fourth-order valence-electron chi connectivity index (χ4n) is 1.44. The first-order valence-corrected chi connectivity index (χ1v) is 5.72. The van der Waals surface area contributed by atoms with Crippen LogP contribution < -0.4 is 15.5 Å². The number of likely N-dealkylation sites (N-methyl/N-ethyl adjacent to an activating group) is 2. The molecule has 6 nitrogen and oxygen atoms in total. The number of hydrogen-bond donors (Lipinski definition) is 2. The zero-order valence-corrected chi connectivity index (χ0v) is 10.5. The zero-order valence-electron chi connectivity index (χ0n) is 10.5. The van der Waals surface area contributed by atoms with Gasteiger partial charge in [0.2, 0.25) is 5.91 Å². The van der Waals surface area contributed by atoms with E-state index in [-0.39, 0.29) is 5.91 Å². The monoisotopic (exact) mass is 237 g/mol. The molecule has 2 N–H and O–H groups in total. The maximum absolute atomic E-state index is 11.5. The summed E-state index contributed by atoms with van der Waals surface area (Å²) in [6.45, 7) is 5.56. The van der Waals surface area contributed by atoms with Gasteiger partial charge in [-0.2, -0.15) is 0 Å². The van der Waals surface area contributed by atoms with Gasteiger partial charge in [0, 0.05) is 26.2 Å². The van der Waals surface area contributed by atoms with E-state index in [1.807, 2.05) is 24.8 Å². The molecule has 0 unspecified atom stereocenters. The van der Waals surface area contributed by atoms with E-state index in [0.29, 0.717) is 13.1 Å². The highest BCUT2D eigenvalue weighted by Gasteiger charge is 2.10. The molecule has 1 amide bonds. The molecule has 0 saturated carbocycles. The number of nitrogens with zero attached hydrogens (tertiary/aromatic N) is 3. The number of carbonyl (C=O) groups excluding carboxylic acids is 1. The van der Waals surface area contributed by atoms with Crippen molar-refractivity contribution in [1.82, 2.24) is 15.3 Å². The van der Waals surface area contributed by atoms with Crippen molar-refractivity contribution in [1.29, 1.82) is 0 Å². The van der Waals surface area contributed by atoms with Gasteiger partial charge in [-0.1, -0.05) is 0 Å². The number of aromatic nitrogens is 2. The lowest BCUT2D eigenvalue weighted by molar-refractivity contribution is -0.119. The molecule has 1 rings (SSSR count). The van der Waals surface area contributed by atoms with Crippen molar-refractivity contribution in [2.45, 2.75) is 13.8 Å². The Morgan fingerprint density at radius 2 is 2.18 bits per heavy atom. The SMILES string of the molecule is CCNC(=O)CN(CC)c1cc(NC)ncn1. The molecule has 0 bridgehead atoms. The van der Waals surface area contributed by atoms with Crippen LogP contribution in [0.25, 0.3) is 0 Å². The first-order valence-electron chi connectivity index (χ1n) is 5.72. The molecular formula is C11H19N5O. The molecule has 0 aliphatic carbocycles. The van der Waals surface area contributed by atoms with Gasteiger partial charge in [0.1, 0.15) is 18.0 Å². The molecule has 0 radical (unpaired) electrons. The number of nitrogens with one attached hydrogen (secondary N) is 2. The molecular weight excluding hydrogens is 218 g/mol. The van der Waals surface area contributed by atoms with Crippen molar-refractivity contribution < 1.29 is 4.79 Å². The molecule has 1 aromatic heterocycles. The summed E-state index contributed by atoms with van der Waals surface area (Å²) in [5.74, 6) is 1.49. The van der Waals surface area contributed by atoms with Gasteiger partial charge < -0.3 is 15.5 Å². The Balaban J connectivity index is 2.74. The third kappa shape index (κ3) is 3.90. The summed E-state index contributed by atoms with van der Waals surface area (Å²) in [5, 5.41) is 5.72. The van der Waals surface area contributed by atoms with E-state index in [1.54, 1.807) is 7.05 Å². The highest BCUT2D eigenvalue weighted by molar-refractivity contribution is 5.81. The molecule has 0 atom stereocenters. The Morgan fingerprint density at radius 3 is 2.76 bits per heavy atom. The smallest absolute Gasteiger partial charge is 0.239 e. The highest BCUT2D eigenvalue weighted by Crippen LogP contribution is 2.12. The molecule has 17 heavy (non-hydrogen) atoms. The quantitative estimate of drug-likeness (QED) is 0.753. The van der Waals surface area contributed by atoms with Crippen LogP contribution >= 0.6 is 0 Å². The van der Waals surface area contributed by atoms with E-state index >= 15 is 0 Å². The predicted octanol–water partition coefficient (Wildman–Crippen LogP) is 0.481. The second-order valence-corrected chi connectivity index (χ2v) is 3.48. The fraction of sp³-hybridized carbons (Fsp3) is 0.545. The molecule has 0 fully saturated rings. The minimum atomic E-state index is -0.000954. The second-order valence-electron chi connectivity index (χ2n) is 3.48. The van der Waals surface area contributed by atoms with Crippen LogP contribution in [0.1, 0.15) is 13.8 Å². The lowest BCUT2D eigenvalue weighted by Crippen LogP contribution is -2.37. The van der Waals surface area contributed by atoms with Gasteiger partial charge in [-0.3, -0.25) is 4.79 Å². The average molecular weight is 237 g/mol. The lowest BCUT2D eigenvalue weighted by atomic mass is 10.4. The lowest BCUT2D eigenvalue weighted by Gasteiger charge is -2.21. The van der Waals surface area contributed by atoms with E-state index in [2.05, 4.69) is 20.6 Å². The number of anilines is 2. The molecule has 0 aliphatic heterocycles. The van der Waals surface area contributed by atoms with E-state index in [1.165, 1.54) is 6.33 Å². The number of hydrogen-bond acceptors (Lipinski definition) is 5. The van der Waals surface area contributed by atoms with Gasteiger partial charge in [0.25, 0.3) is 0 Å². The molecule has 0 saturated heterocycles. The molecule has 1 heterocycles. The normalized spacial score (nSPS) is 9.82. The van der Waals surface area contributed by atoms with Crippen molar-refractivity contribution in [2.24, 2.45) is 0 Å². The topological polar surface area (TPSA) is 70.2 Å². The van der Waals surface area contributed by atoms with Crippen LogP contribution in [0.2, 0.25) is 0 Å². The Bertz CT molecular complexity index is 369. The van der Waals surface area contributed by atoms with Gasteiger partial charge >= 0.3 is 0 Å². The maximum atomic E-state index is 11.5.